The second-order valence-electron chi connectivity index (χ2n) is 2.76. The molecule has 0 aliphatic carbocycles. The third-order valence-corrected chi connectivity index (χ3v) is 2.75. The lowest BCUT2D eigenvalue weighted by molar-refractivity contribution is -0.158. The number of halogens is 1. The second kappa shape index (κ2) is 6.80. The van der Waals surface area contributed by atoms with E-state index in [1.165, 1.54) is 14.2 Å². The average Bonchev–Trinajstić information content (AvgIpc) is 2.23. The summed E-state index contributed by atoms with van der Waals surface area (Å²) in [4.78, 5) is 22.4. The van der Waals surface area contributed by atoms with Gasteiger partial charge in [-0.3, -0.25) is 9.59 Å². The zero-order valence-electron chi connectivity index (χ0n) is 8.37. The summed E-state index contributed by atoms with van der Waals surface area (Å²) in [5.41, 5.74) is 0.936. The van der Waals surface area contributed by atoms with E-state index in [2.05, 4.69) is 32.1 Å². The van der Waals surface area contributed by atoms with Crippen LogP contribution < -0.4 is 0 Å². The molecule has 0 heterocycles. The van der Waals surface area contributed by atoms with Crippen molar-refractivity contribution in [2.24, 2.45) is 5.92 Å². The topological polar surface area (TPSA) is 52.6 Å². The van der Waals surface area contributed by atoms with Crippen LogP contribution in [0.25, 0.3) is 0 Å². The van der Waals surface area contributed by atoms with Crippen molar-refractivity contribution < 1.29 is 19.1 Å². The molecule has 0 aromatic heterocycles. The normalized spacial score (nSPS) is 11.4. The highest BCUT2D eigenvalue weighted by Gasteiger charge is 2.28. The molecule has 14 heavy (non-hydrogen) atoms. The van der Waals surface area contributed by atoms with E-state index in [9.17, 15) is 9.59 Å². The lowest BCUT2D eigenvalue weighted by Crippen LogP contribution is -2.26. The van der Waals surface area contributed by atoms with Crippen LogP contribution in [0.4, 0.5) is 0 Å². The Labute approximate surface area is 96.8 Å². The number of carbonyl (C=O) groups is 2. The van der Waals surface area contributed by atoms with E-state index in [0.29, 0.717) is 6.42 Å². The standard InChI is InChI=1S/C9H13IO4/c1-6(5-10)4-7(8(11)13-2)9(12)14-3/h5,7H,4H2,1-3H3/b6-5+. The maximum atomic E-state index is 11.2. The minimum absolute atomic E-state index is 0.336. The van der Waals surface area contributed by atoms with Crippen LogP contribution in [0.15, 0.2) is 9.66 Å². The number of hydrogen-bond acceptors (Lipinski definition) is 4. The number of carbonyl (C=O) groups excluding carboxylic acids is 2. The van der Waals surface area contributed by atoms with Crippen LogP contribution in [0, 0.1) is 5.92 Å². The number of ether oxygens (including phenoxy) is 2. The minimum atomic E-state index is -0.851. The van der Waals surface area contributed by atoms with Gasteiger partial charge in [-0.15, -0.1) is 0 Å². The Balaban J connectivity index is 4.56. The van der Waals surface area contributed by atoms with Crippen LogP contribution in [0.1, 0.15) is 13.3 Å². The molecule has 4 nitrogen and oxygen atoms in total. The first-order valence-electron chi connectivity index (χ1n) is 3.98. The van der Waals surface area contributed by atoms with Gasteiger partial charge in [0.05, 0.1) is 14.2 Å². The van der Waals surface area contributed by atoms with Crippen molar-refractivity contribution >= 4 is 34.5 Å². The fourth-order valence-corrected chi connectivity index (χ4v) is 1.17. The predicted octanol–water partition coefficient (Wildman–Crippen LogP) is 1.68. The Hall–Kier alpha value is -0.590. The Morgan fingerprint density at radius 2 is 1.71 bits per heavy atom. The Bertz CT molecular complexity index is 231. The molecule has 0 rings (SSSR count). The van der Waals surface area contributed by atoms with Crippen LogP contribution in [0.2, 0.25) is 0 Å². The molecule has 5 heteroatoms. The van der Waals surface area contributed by atoms with E-state index in [-0.39, 0.29) is 0 Å². The fraction of sp³-hybridized carbons (Fsp3) is 0.556. The van der Waals surface area contributed by atoms with Crippen molar-refractivity contribution in [1.82, 2.24) is 0 Å². The summed E-state index contributed by atoms with van der Waals surface area (Å²) < 4.78 is 10.8. The summed E-state index contributed by atoms with van der Waals surface area (Å²) in [6, 6.07) is 0. The average molecular weight is 312 g/mol. The van der Waals surface area contributed by atoms with E-state index in [1.807, 2.05) is 11.0 Å². The number of allylic oxidation sites excluding steroid dienone is 1. The van der Waals surface area contributed by atoms with Crippen LogP contribution in [0.3, 0.4) is 0 Å². The first kappa shape index (κ1) is 13.4. The van der Waals surface area contributed by atoms with Gasteiger partial charge in [0.25, 0.3) is 0 Å². The Morgan fingerprint density at radius 1 is 1.29 bits per heavy atom. The summed E-state index contributed by atoms with van der Waals surface area (Å²) >= 11 is 2.05. The van der Waals surface area contributed by atoms with E-state index < -0.39 is 17.9 Å². The second-order valence-corrected chi connectivity index (χ2v) is 3.38. The predicted molar refractivity (Wildman–Crippen MR) is 59.9 cm³/mol. The lowest BCUT2D eigenvalue weighted by atomic mass is 10.0. The van der Waals surface area contributed by atoms with Gasteiger partial charge in [0.2, 0.25) is 0 Å². The minimum Gasteiger partial charge on any atom is -0.468 e. The summed E-state index contributed by atoms with van der Waals surface area (Å²) in [5.74, 6) is -1.97. The summed E-state index contributed by atoms with van der Waals surface area (Å²) in [5, 5.41) is 0. The molecule has 0 aliphatic rings. The molecule has 0 aromatic carbocycles. The smallest absolute Gasteiger partial charge is 0.320 e. The first-order valence-corrected chi connectivity index (χ1v) is 5.22. The van der Waals surface area contributed by atoms with Crippen molar-refractivity contribution in [3.63, 3.8) is 0 Å². The van der Waals surface area contributed by atoms with Gasteiger partial charge >= 0.3 is 11.9 Å². The molecule has 80 valence electrons. The van der Waals surface area contributed by atoms with Crippen molar-refractivity contribution in [2.45, 2.75) is 13.3 Å². The molecule has 0 saturated heterocycles. The molecule has 0 spiro atoms. The number of esters is 2. The number of rotatable bonds is 4. The third kappa shape index (κ3) is 4.08. The maximum absolute atomic E-state index is 11.2. The van der Waals surface area contributed by atoms with E-state index in [4.69, 9.17) is 0 Å². The SMILES string of the molecule is COC(=O)C(C/C(C)=C/I)C(=O)OC. The molecule has 0 saturated carbocycles. The molecule has 0 radical (unpaired) electrons. The summed E-state index contributed by atoms with van der Waals surface area (Å²) in [7, 11) is 2.50. The molecular weight excluding hydrogens is 299 g/mol. The van der Waals surface area contributed by atoms with Gasteiger partial charge in [-0.25, -0.2) is 0 Å². The molecule has 0 unspecified atom stereocenters. The van der Waals surface area contributed by atoms with E-state index in [1.54, 1.807) is 0 Å². The highest BCUT2D eigenvalue weighted by atomic mass is 127. The van der Waals surface area contributed by atoms with Crippen LogP contribution in [-0.4, -0.2) is 26.2 Å². The highest BCUT2D eigenvalue weighted by Crippen LogP contribution is 2.15. The molecule has 0 bridgehead atoms. The molecular formula is C9H13IO4. The molecule has 0 N–H and O–H groups in total. The van der Waals surface area contributed by atoms with Crippen LogP contribution in [0.5, 0.6) is 0 Å². The quantitative estimate of drug-likeness (QED) is 0.450. The van der Waals surface area contributed by atoms with Gasteiger partial charge in [0, 0.05) is 0 Å². The van der Waals surface area contributed by atoms with Crippen molar-refractivity contribution in [1.29, 1.82) is 0 Å². The lowest BCUT2D eigenvalue weighted by Gasteiger charge is -2.11. The zero-order chi connectivity index (χ0) is 11.1. The molecule has 0 atom stereocenters. The monoisotopic (exact) mass is 312 g/mol. The summed E-state index contributed by atoms with van der Waals surface area (Å²) in [6.07, 6.45) is 0.336. The maximum Gasteiger partial charge on any atom is 0.320 e. The van der Waals surface area contributed by atoms with Crippen molar-refractivity contribution in [3.8, 4) is 0 Å². The number of methoxy groups -OCH3 is 2. The Morgan fingerprint density at radius 3 is 2.00 bits per heavy atom. The van der Waals surface area contributed by atoms with Gasteiger partial charge in [-0.2, -0.15) is 0 Å². The van der Waals surface area contributed by atoms with Gasteiger partial charge < -0.3 is 9.47 Å². The van der Waals surface area contributed by atoms with Crippen LogP contribution >= 0.6 is 22.6 Å². The zero-order valence-corrected chi connectivity index (χ0v) is 10.5. The first-order chi connectivity index (χ1) is 6.56. The van der Waals surface area contributed by atoms with Crippen molar-refractivity contribution in [3.05, 3.63) is 9.66 Å². The van der Waals surface area contributed by atoms with E-state index in [0.717, 1.165) is 5.57 Å². The van der Waals surface area contributed by atoms with Gasteiger partial charge in [0.15, 0.2) is 5.92 Å². The van der Waals surface area contributed by atoms with Gasteiger partial charge in [-0.1, -0.05) is 28.2 Å². The van der Waals surface area contributed by atoms with Crippen molar-refractivity contribution in [2.75, 3.05) is 14.2 Å². The van der Waals surface area contributed by atoms with Gasteiger partial charge in [0.1, 0.15) is 0 Å². The Kier molecular flexibility index (Phi) is 6.52. The molecule has 0 aliphatic heterocycles. The molecule has 0 amide bonds. The highest BCUT2D eigenvalue weighted by molar-refractivity contribution is 14.1. The fourth-order valence-electron chi connectivity index (χ4n) is 0.914. The summed E-state index contributed by atoms with van der Waals surface area (Å²) in [6.45, 7) is 1.84. The molecule has 0 fully saturated rings. The largest absolute Gasteiger partial charge is 0.468 e. The van der Waals surface area contributed by atoms with E-state index >= 15 is 0 Å². The third-order valence-electron chi connectivity index (χ3n) is 1.68. The van der Waals surface area contributed by atoms with Gasteiger partial charge in [-0.05, 0) is 17.4 Å². The van der Waals surface area contributed by atoms with Crippen LogP contribution in [-0.2, 0) is 19.1 Å². The number of hydrogen-bond donors (Lipinski definition) is 0. The molecule has 0 aromatic rings.